The maximum Gasteiger partial charge on any atom is 0.225 e. The molecular weight excluding hydrogens is 377 g/mol. The average molecular weight is 399 g/mol. The molecule has 3 aromatic rings. The van der Waals surface area contributed by atoms with E-state index in [1.165, 1.54) is 6.20 Å². The zero-order chi connectivity index (χ0) is 19.6. The van der Waals surface area contributed by atoms with Crippen LogP contribution in [0.3, 0.4) is 0 Å². The third-order valence-electron chi connectivity index (χ3n) is 5.31. The first-order valence-corrected chi connectivity index (χ1v) is 9.85. The Labute approximate surface area is 167 Å². The summed E-state index contributed by atoms with van der Waals surface area (Å²) in [6, 6.07) is 3.83. The van der Waals surface area contributed by atoms with E-state index < -0.39 is 5.82 Å². The molecule has 8 nitrogen and oxygen atoms in total. The Kier molecular flexibility index (Phi) is 4.99. The lowest BCUT2D eigenvalue weighted by molar-refractivity contribution is 0.0244. The lowest BCUT2D eigenvalue weighted by Gasteiger charge is -2.27. The van der Waals surface area contributed by atoms with Gasteiger partial charge in [-0.3, -0.25) is 5.10 Å². The molecule has 0 aromatic carbocycles. The van der Waals surface area contributed by atoms with Crippen LogP contribution in [0.4, 0.5) is 10.2 Å². The van der Waals surface area contributed by atoms with Gasteiger partial charge in [-0.1, -0.05) is 0 Å². The summed E-state index contributed by atoms with van der Waals surface area (Å²) in [4.78, 5) is 10.9. The molecule has 2 aliphatic heterocycles. The van der Waals surface area contributed by atoms with Gasteiger partial charge in [-0.25, -0.2) is 14.4 Å². The van der Waals surface area contributed by atoms with Crippen molar-refractivity contribution in [3.63, 3.8) is 0 Å². The smallest absolute Gasteiger partial charge is 0.225 e. The van der Waals surface area contributed by atoms with Gasteiger partial charge in [-0.15, -0.1) is 0 Å². The molecule has 0 bridgehead atoms. The second kappa shape index (κ2) is 7.92. The number of aromatic nitrogens is 4. The van der Waals surface area contributed by atoms with Crippen LogP contribution in [0.15, 0.2) is 24.5 Å². The van der Waals surface area contributed by atoms with Crippen LogP contribution in [0.2, 0.25) is 0 Å². The van der Waals surface area contributed by atoms with Crippen LogP contribution in [-0.4, -0.2) is 65.8 Å². The summed E-state index contributed by atoms with van der Waals surface area (Å²) in [6.45, 7) is 4.23. The van der Waals surface area contributed by atoms with Crippen molar-refractivity contribution in [2.24, 2.45) is 0 Å². The largest absolute Gasteiger partial charge is 0.474 e. The van der Waals surface area contributed by atoms with Gasteiger partial charge in [0.25, 0.3) is 0 Å². The molecule has 0 amide bonds. The topological polar surface area (TPSA) is 85.4 Å². The first kappa shape index (κ1) is 18.3. The molecule has 0 radical (unpaired) electrons. The molecule has 3 aromatic heterocycles. The number of hydrogen-bond donors (Lipinski definition) is 1. The van der Waals surface area contributed by atoms with Gasteiger partial charge >= 0.3 is 0 Å². The Morgan fingerprint density at radius 1 is 1.10 bits per heavy atom. The van der Waals surface area contributed by atoms with Crippen molar-refractivity contribution < 1.29 is 18.6 Å². The lowest BCUT2D eigenvalue weighted by atomic mass is 10.1. The molecule has 0 saturated carbocycles. The zero-order valence-electron chi connectivity index (χ0n) is 15.9. The Hall–Kier alpha value is -2.78. The number of nitrogens with zero attached hydrogens (tertiary/aromatic N) is 4. The molecule has 9 heteroatoms. The Morgan fingerprint density at radius 2 is 1.90 bits per heavy atom. The van der Waals surface area contributed by atoms with Gasteiger partial charge in [-0.05, 0) is 12.1 Å². The van der Waals surface area contributed by atoms with E-state index in [1.54, 1.807) is 6.20 Å². The van der Waals surface area contributed by atoms with Gasteiger partial charge in [-0.2, -0.15) is 5.10 Å². The minimum Gasteiger partial charge on any atom is -0.474 e. The van der Waals surface area contributed by atoms with Gasteiger partial charge in [0.15, 0.2) is 5.82 Å². The highest BCUT2D eigenvalue weighted by Gasteiger charge is 2.23. The summed E-state index contributed by atoms with van der Waals surface area (Å²) < 4.78 is 31.3. The van der Waals surface area contributed by atoms with E-state index in [1.807, 2.05) is 12.1 Å². The number of hydrogen-bond acceptors (Lipinski definition) is 7. The van der Waals surface area contributed by atoms with Crippen molar-refractivity contribution in [3.05, 3.63) is 30.3 Å². The summed E-state index contributed by atoms with van der Waals surface area (Å²) >= 11 is 0. The fraction of sp³-hybridized carbons (Fsp3) is 0.450. The average Bonchev–Trinajstić information content (AvgIpc) is 3.24. The third-order valence-corrected chi connectivity index (χ3v) is 5.31. The maximum absolute atomic E-state index is 14.4. The van der Waals surface area contributed by atoms with Crippen LogP contribution in [0, 0.1) is 5.82 Å². The third kappa shape index (κ3) is 3.63. The van der Waals surface area contributed by atoms with Gasteiger partial charge < -0.3 is 19.1 Å². The fourth-order valence-corrected chi connectivity index (χ4v) is 3.75. The fourth-order valence-electron chi connectivity index (χ4n) is 3.75. The molecule has 0 spiro atoms. The predicted octanol–water partition coefficient (Wildman–Crippen LogP) is 2.55. The minimum atomic E-state index is -0.458. The number of nitrogens with one attached hydrogen (secondary N) is 1. The van der Waals surface area contributed by atoms with E-state index >= 15 is 0 Å². The number of halogens is 1. The second-order valence-electron chi connectivity index (χ2n) is 7.17. The molecule has 2 aliphatic rings. The minimum absolute atomic E-state index is 0.00554. The first-order chi connectivity index (χ1) is 14.3. The summed E-state index contributed by atoms with van der Waals surface area (Å²) in [5, 5.41) is 7.75. The number of morpholine rings is 1. The van der Waals surface area contributed by atoms with Crippen molar-refractivity contribution in [2.75, 3.05) is 44.4 Å². The molecular formula is C20H22FN5O3. The van der Waals surface area contributed by atoms with E-state index in [0.717, 1.165) is 37.3 Å². The Bertz CT molecular complexity index is 999. The van der Waals surface area contributed by atoms with E-state index in [2.05, 4.69) is 25.1 Å². The van der Waals surface area contributed by atoms with E-state index in [-0.39, 0.29) is 6.10 Å². The SMILES string of the molecule is Fc1cnc(OC2CCOCC2)c2c(-c3ccnc(N4CCOCC4)c3)n[nH]c12. The second-order valence-corrected chi connectivity index (χ2v) is 7.17. The summed E-state index contributed by atoms with van der Waals surface area (Å²) in [5.41, 5.74) is 1.73. The van der Waals surface area contributed by atoms with Crippen molar-refractivity contribution in [1.82, 2.24) is 20.2 Å². The Morgan fingerprint density at radius 3 is 2.72 bits per heavy atom. The first-order valence-electron chi connectivity index (χ1n) is 9.85. The molecule has 29 heavy (non-hydrogen) atoms. The van der Waals surface area contributed by atoms with Crippen LogP contribution in [0.25, 0.3) is 22.2 Å². The molecule has 2 fully saturated rings. The van der Waals surface area contributed by atoms with E-state index in [0.29, 0.717) is 48.9 Å². The quantitative estimate of drug-likeness (QED) is 0.722. The zero-order valence-corrected chi connectivity index (χ0v) is 15.9. The predicted molar refractivity (Wildman–Crippen MR) is 105 cm³/mol. The number of aromatic amines is 1. The molecule has 152 valence electrons. The lowest BCUT2D eigenvalue weighted by Crippen LogP contribution is -2.36. The van der Waals surface area contributed by atoms with Crippen molar-refractivity contribution in [2.45, 2.75) is 18.9 Å². The van der Waals surface area contributed by atoms with Crippen LogP contribution in [0.5, 0.6) is 5.88 Å². The van der Waals surface area contributed by atoms with Crippen molar-refractivity contribution in [3.8, 4) is 17.1 Å². The molecule has 5 rings (SSSR count). The van der Waals surface area contributed by atoms with Gasteiger partial charge in [0.05, 0.1) is 38.0 Å². The van der Waals surface area contributed by atoms with Crippen molar-refractivity contribution >= 4 is 16.7 Å². The molecule has 0 unspecified atom stereocenters. The molecule has 1 N–H and O–H groups in total. The Balaban J connectivity index is 1.54. The number of fused-ring (bicyclic) bond motifs is 1. The normalized spacial score (nSPS) is 18.3. The maximum atomic E-state index is 14.4. The van der Waals surface area contributed by atoms with E-state index in [4.69, 9.17) is 14.2 Å². The standard InChI is InChI=1S/C20H22FN5O3/c21-15-12-23-20(29-14-2-7-27-8-3-14)17-18(24-25-19(15)17)13-1-4-22-16(11-13)26-5-9-28-10-6-26/h1,4,11-12,14H,2-3,5-10H2,(H,24,25). The van der Waals surface area contributed by atoms with Gasteiger partial charge in [0, 0.05) is 37.7 Å². The van der Waals surface area contributed by atoms with Crippen molar-refractivity contribution in [1.29, 1.82) is 0 Å². The highest BCUT2D eigenvalue weighted by molar-refractivity contribution is 5.97. The van der Waals surface area contributed by atoms with Gasteiger partial charge in [0.2, 0.25) is 5.88 Å². The molecule has 0 atom stereocenters. The number of ether oxygens (including phenoxy) is 3. The number of pyridine rings is 2. The summed E-state index contributed by atoms with van der Waals surface area (Å²) in [6.07, 6.45) is 4.47. The number of rotatable bonds is 4. The summed E-state index contributed by atoms with van der Waals surface area (Å²) in [7, 11) is 0. The molecule has 0 aliphatic carbocycles. The molecule has 2 saturated heterocycles. The van der Waals surface area contributed by atoms with Crippen LogP contribution < -0.4 is 9.64 Å². The van der Waals surface area contributed by atoms with Gasteiger partial charge in [0.1, 0.15) is 23.1 Å². The van der Waals surface area contributed by atoms with Crippen LogP contribution in [0.1, 0.15) is 12.8 Å². The van der Waals surface area contributed by atoms with Crippen LogP contribution in [-0.2, 0) is 9.47 Å². The molecule has 5 heterocycles. The number of anilines is 1. The van der Waals surface area contributed by atoms with Crippen LogP contribution >= 0.6 is 0 Å². The number of H-pyrrole nitrogens is 1. The van der Waals surface area contributed by atoms with E-state index in [9.17, 15) is 4.39 Å². The summed E-state index contributed by atoms with van der Waals surface area (Å²) in [5.74, 6) is 0.778. The highest BCUT2D eigenvalue weighted by atomic mass is 19.1. The monoisotopic (exact) mass is 399 g/mol. The highest BCUT2D eigenvalue weighted by Crippen LogP contribution is 2.35.